The molecule has 0 spiro atoms. The fraction of sp³-hybridized carbons (Fsp3) is 0.345. The van der Waals surface area contributed by atoms with E-state index in [1.165, 1.54) is 27.8 Å². The number of hydrogen-bond acceptors (Lipinski definition) is 4. The van der Waals surface area contributed by atoms with Crippen LogP contribution in [0.2, 0.25) is 0 Å². The van der Waals surface area contributed by atoms with Gasteiger partial charge >= 0.3 is 6.09 Å². The van der Waals surface area contributed by atoms with E-state index in [4.69, 9.17) is 9.47 Å². The summed E-state index contributed by atoms with van der Waals surface area (Å²) < 4.78 is 11.7. The van der Waals surface area contributed by atoms with E-state index in [1.807, 2.05) is 18.2 Å². The van der Waals surface area contributed by atoms with Crippen molar-refractivity contribution in [2.45, 2.75) is 51.2 Å². The van der Waals surface area contributed by atoms with Gasteiger partial charge in [0.1, 0.15) is 18.5 Å². The van der Waals surface area contributed by atoms with E-state index in [-0.39, 0.29) is 12.0 Å². The van der Waals surface area contributed by atoms with Crippen molar-refractivity contribution >= 4 is 11.8 Å². The zero-order valence-electron chi connectivity index (χ0n) is 19.8. The lowest BCUT2D eigenvalue weighted by molar-refractivity contribution is 0.136. The molecular weight excluding hydrogens is 424 g/mol. The van der Waals surface area contributed by atoms with Gasteiger partial charge in [0.2, 0.25) is 0 Å². The molecular formula is C29H32N2O3. The number of carbonyl (C=O) groups excluding carboxylic acids is 1. The number of anilines is 1. The van der Waals surface area contributed by atoms with Gasteiger partial charge in [-0.05, 0) is 58.9 Å². The van der Waals surface area contributed by atoms with Crippen LogP contribution in [0, 0.1) is 0 Å². The van der Waals surface area contributed by atoms with Crippen molar-refractivity contribution in [2.24, 2.45) is 0 Å². The molecule has 1 aliphatic heterocycles. The number of alkyl carbamates (subject to hydrolysis) is 1. The molecule has 0 bridgehead atoms. The van der Waals surface area contributed by atoms with Gasteiger partial charge in [-0.25, -0.2) is 4.79 Å². The molecule has 176 valence electrons. The molecule has 1 unspecified atom stereocenters. The Morgan fingerprint density at radius 1 is 1.00 bits per heavy atom. The Bertz CT molecular complexity index is 1130. The van der Waals surface area contributed by atoms with Crippen molar-refractivity contribution in [1.82, 2.24) is 5.32 Å². The van der Waals surface area contributed by atoms with Gasteiger partial charge in [-0.3, -0.25) is 0 Å². The largest absolute Gasteiger partial charge is 0.488 e. The van der Waals surface area contributed by atoms with Gasteiger partial charge in [-0.1, -0.05) is 62.4 Å². The Balaban J connectivity index is 1.14. The summed E-state index contributed by atoms with van der Waals surface area (Å²) in [6.07, 6.45) is 2.47. The monoisotopic (exact) mass is 456 g/mol. The Labute approximate surface area is 201 Å². The van der Waals surface area contributed by atoms with Crippen LogP contribution in [0.25, 0.3) is 11.1 Å². The Hall–Kier alpha value is -3.47. The van der Waals surface area contributed by atoms with E-state index in [9.17, 15) is 4.79 Å². The first-order chi connectivity index (χ1) is 16.7. The molecule has 0 aromatic heterocycles. The summed E-state index contributed by atoms with van der Waals surface area (Å²) in [5.41, 5.74) is 7.17. The molecule has 3 aromatic carbocycles. The average Bonchev–Trinajstić information content (AvgIpc) is 3.43. The Morgan fingerprint density at radius 3 is 2.35 bits per heavy atom. The first-order valence-corrected chi connectivity index (χ1v) is 12.3. The van der Waals surface area contributed by atoms with Gasteiger partial charge in [-0.15, -0.1) is 0 Å². The number of rotatable bonds is 8. The van der Waals surface area contributed by atoms with Gasteiger partial charge in [0.25, 0.3) is 0 Å². The minimum Gasteiger partial charge on any atom is -0.488 e. The molecule has 0 saturated carbocycles. The highest BCUT2D eigenvalue weighted by Gasteiger charge is 2.29. The van der Waals surface area contributed by atoms with Crippen LogP contribution in [0.5, 0.6) is 5.75 Å². The molecule has 34 heavy (non-hydrogen) atoms. The van der Waals surface area contributed by atoms with Crippen LogP contribution in [-0.4, -0.2) is 31.4 Å². The Kier molecular flexibility index (Phi) is 6.43. The molecule has 0 fully saturated rings. The SMILES string of the molecule is CCC(CC)Nc1ccc2c(c1)CC(CNC(=O)OCC1c3ccccc3-c3ccccc31)O2. The number of hydrogen-bond donors (Lipinski definition) is 2. The molecule has 2 aliphatic rings. The smallest absolute Gasteiger partial charge is 0.407 e. The summed E-state index contributed by atoms with van der Waals surface area (Å²) in [7, 11) is 0. The molecule has 2 N–H and O–H groups in total. The van der Waals surface area contributed by atoms with Crippen LogP contribution in [0.15, 0.2) is 66.7 Å². The maximum Gasteiger partial charge on any atom is 0.407 e. The van der Waals surface area contributed by atoms with Crippen LogP contribution in [-0.2, 0) is 11.2 Å². The maximum absolute atomic E-state index is 12.5. The summed E-state index contributed by atoms with van der Waals surface area (Å²) in [5, 5.41) is 6.48. The van der Waals surface area contributed by atoms with E-state index in [2.05, 4.69) is 73.0 Å². The second kappa shape index (κ2) is 9.80. The van der Waals surface area contributed by atoms with Crippen LogP contribution in [0.1, 0.15) is 49.3 Å². The number of ether oxygens (including phenoxy) is 2. The number of nitrogens with one attached hydrogen (secondary N) is 2. The molecule has 1 aliphatic carbocycles. The van der Waals surface area contributed by atoms with Crippen molar-refractivity contribution < 1.29 is 14.3 Å². The lowest BCUT2D eigenvalue weighted by Gasteiger charge is -2.16. The summed E-state index contributed by atoms with van der Waals surface area (Å²) in [6.45, 7) is 5.13. The third kappa shape index (κ3) is 4.47. The predicted octanol–water partition coefficient (Wildman–Crippen LogP) is 6.13. The number of fused-ring (bicyclic) bond motifs is 4. The fourth-order valence-corrected chi connectivity index (χ4v) is 5.10. The number of carbonyl (C=O) groups is 1. The minimum absolute atomic E-state index is 0.0612. The highest BCUT2D eigenvalue weighted by Crippen LogP contribution is 2.44. The van der Waals surface area contributed by atoms with Crippen molar-refractivity contribution in [3.63, 3.8) is 0 Å². The summed E-state index contributed by atoms with van der Waals surface area (Å²) >= 11 is 0. The van der Waals surface area contributed by atoms with Crippen molar-refractivity contribution in [3.05, 3.63) is 83.4 Å². The van der Waals surface area contributed by atoms with E-state index >= 15 is 0 Å². The molecule has 5 heteroatoms. The highest BCUT2D eigenvalue weighted by atomic mass is 16.5. The zero-order chi connectivity index (χ0) is 23.5. The summed E-state index contributed by atoms with van der Waals surface area (Å²) in [4.78, 5) is 12.5. The number of amides is 1. The lowest BCUT2D eigenvalue weighted by atomic mass is 9.98. The van der Waals surface area contributed by atoms with Crippen molar-refractivity contribution in [1.29, 1.82) is 0 Å². The van der Waals surface area contributed by atoms with Crippen LogP contribution in [0.4, 0.5) is 10.5 Å². The molecule has 3 aromatic rings. The summed E-state index contributed by atoms with van der Waals surface area (Å²) in [6, 6.07) is 23.4. The predicted molar refractivity (Wildman–Crippen MR) is 136 cm³/mol. The second-order valence-electron chi connectivity index (χ2n) is 9.13. The molecule has 0 radical (unpaired) electrons. The first kappa shape index (κ1) is 22.3. The molecule has 5 nitrogen and oxygen atoms in total. The standard InChI is InChI=1S/C29H32N2O3/c1-3-20(4-2)31-21-13-14-28-19(15-21)16-22(34-28)17-30-29(32)33-18-27-25-11-7-5-9-23(25)24-10-6-8-12-26(24)27/h5-15,20,22,27,31H,3-4,16-18H2,1-2H3,(H,30,32). The van der Waals surface area contributed by atoms with Gasteiger partial charge in [0, 0.05) is 24.1 Å². The molecule has 1 heterocycles. The molecule has 1 amide bonds. The van der Waals surface area contributed by atoms with E-state index in [0.29, 0.717) is 19.2 Å². The topological polar surface area (TPSA) is 59.6 Å². The highest BCUT2D eigenvalue weighted by molar-refractivity contribution is 5.79. The van der Waals surface area contributed by atoms with E-state index < -0.39 is 6.09 Å². The van der Waals surface area contributed by atoms with Crippen LogP contribution >= 0.6 is 0 Å². The second-order valence-corrected chi connectivity index (χ2v) is 9.13. The van der Waals surface area contributed by atoms with E-state index in [1.54, 1.807) is 0 Å². The van der Waals surface area contributed by atoms with Crippen LogP contribution < -0.4 is 15.4 Å². The normalized spacial score (nSPS) is 15.9. The zero-order valence-corrected chi connectivity index (χ0v) is 19.8. The molecule has 1 atom stereocenters. The minimum atomic E-state index is -0.405. The fourth-order valence-electron chi connectivity index (χ4n) is 5.10. The molecule has 0 saturated heterocycles. The third-order valence-corrected chi connectivity index (χ3v) is 6.98. The van der Waals surface area contributed by atoms with Gasteiger partial charge in [-0.2, -0.15) is 0 Å². The quantitative estimate of drug-likeness (QED) is 0.428. The summed E-state index contributed by atoms with van der Waals surface area (Å²) in [5.74, 6) is 0.959. The van der Waals surface area contributed by atoms with Gasteiger partial charge in [0.15, 0.2) is 0 Å². The van der Waals surface area contributed by atoms with Crippen molar-refractivity contribution in [2.75, 3.05) is 18.5 Å². The molecule has 5 rings (SSSR count). The van der Waals surface area contributed by atoms with Crippen molar-refractivity contribution in [3.8, 4) is 16.9 Å². The first-order valence-electron chi connectivity index (χ1n) is 12.3. The number of benzene rings is 3. The van der Waals surface area contributed by atoms with Gasteiger partial charge < -0.3 is 20.1 Å². The maximum atomic E-state index is 12.5. The van der Waals surface area contributed by atoms with Gasteiger partial charge in [0.05, 0.1) is 6.54 Å². The lowest BCUT2D eigenvalue weighted by Crippen LogP contribution is -2.35. The average molecular weight is 457 g/mol. The Morgan fingerprint density at radius 2 is 1.68 bits per heavy atom. The third-order valence-electron chi connectivity index (χ3n) is 6.98. The van der Waals surface area contributed by atoms with E-state index in [0.717, 1.165) is 30.7 Å². The van der Waals surface area contributed by atoms with Crippen LogP contribution in [0.3, 0.4) is 0 Å².